The lowest BCUT2D eigenvalue weighted by Gasteiger charge is -2.21. The number of aromatic amines is 2. The Morgan fingerprint density at radius 2 is 1.90 bits per heavy atom. The summed E-state index contributed by atoms with van der Waals surface area (Å²) in [6.07, 6.45) is 4.94. The van der Waals surface area contributed by atoms with Crippen molar-refractivity contribution in [2.24, 2.45) is 5.92 Å². The van der Waals surface area contributed by atoms with E-state index in [0.717, 1.165) is 11.6 Å². The number of nitrogens with one attached hydrogen (secondary N) is 3. The summed E-state index contributed by atoms with van der Waals surface area (Å²) < 4.78 is 0. The first-order chi connectivity index (χ1) is 9.67. The molecule has 0 radical (unpaired) electrons. The van der Waals surface area contributed by atoms with E-state index in [1.165, 1.54) is 25.7 Å². The van der Waals surface area contributed by atoms with Gasteiger partial charge >= 0.3 is 11.1 Å². The van der Waals surface area contributed by atoms with Gasteiger partial charge in [0, 0.05) is 11.7 Å². The van der Waals surface area contributed by atoms with Crippen molar-refractivity contribution in [3.05, 3.63) is 38.9 Å². The SMILES string of the molecule is CCC1CCCC1Nc1ccc2[nH]c(=O)c(=O)[nH]c2c1. The van der Waals surface area contributed by atoms with Crippen molar-refractivity contribution in [2.75, 3.05) is 5.32 Å². The van der Waals surface area contributed by atoms with Gasteiger partial charge in [0.2, 0.25) is 0 Å². The van der Waals surface area contributed by atoms with Gasteiger partial charge in [-0.2, -0.15) is 0 Å². The Kier molecular flexibility index (Phi) is 3.34. The summed E-state index contributed by atoms with van der Waals surface area (Å²) >= 11 is 0. The van der Waals surface area contributed by atoms with Gasteiger partial charge in [-0.05, 0) is 37.0 Å². The van der Waals surface area contributed by atoms with E-state index in [4.69, 9.17) is 0 Å². The number of hydrogen-bond donors (Lipinski definition) is 3. The molecule has 2 atom stereocenters. The van der Waals surface area contributed by atoms with Gasteiger partial charge in [0.05, 0.1) is 11.0 Å². The Morgan fingerprint density at radius 3 is 2.65 bits per heavy atom. The second-order valence-corrected chi connectivity index (χ2v) is 5.52. The van der Waals surface area contributed by atoms with Gasteiger partial charge in [0.15, 0.2) is 0 Å². The lowest BCUT2D eigenvalue weighted by atomic mass is 10.0. The third kappa shape index (κ3) is 2.35. The molecule has 1 heterocycles. The number of H-pyrrole nitrogens is 2. The molecule has 3 rings (SSSR count). The van der Waals surface area contributed by atoms with Gasteiger partial charge in [0.1, 0.15) is 0 Å². The van der Waals surface area contributed by atoms with Crippen LogP contribution in [0.25, 0.3) is 11.0 Å². The summed E-state index contributed by atoms with van der Waals surface area (Å²) in [5.74, 6) is 0.723. The molecular weight excluding hydrogens is 254 g/mol. The summed E-state index contributed by atoms with van der Waals surface area (Å²) in [5, 5.41) is 3.55. The largest absolute Gasteiger partial charge is 0.382 e. The highest BCUT2D eigenvalue weighted by atomic mass is 16.2. The zero-order chi connectivity index (χ0) is 14.1. The lowest BCUT2D eigenvalue weighted by molar-refractivity contribution is 0.489. The molecule has 1 aliphatic rings. The van der Waals surface area contributed by atoms with E-state index < -0.39 is 11.1 Å². The Labute approximate surface area is 116 Å². The van der Waals surface area contributed by atoms with Crippen LogP contribution in [-0.2, 0) is 0 Å². The van der Waals surface area contributed by atoms with E-state index in [0.29, 0.717) is 17.1 Å². The molecule has 1 aromatic carbocycles. The number of rotatable bonds is 3. The second kappa shape index (κ2) is 5.15. The topological polar surface area (TPSA) is 77.8 Å². The molecule has 0 bridgehead atoms. The zero-order valence-corrected chi connectivity index (χ0v) is 11.5. The van der Waals surface area contributed by atoms with E-state index in [-0.39, 0.29) is 0 Å². The summed E-state index contributed by atoms with van der Waals surface area (Å²) in [6.45, 7) is 2.23. The van der Waals surface area contributed by atoms with Crippen molar-refractivity contribution in [1.82, 2.24) is 9.97 Å². The minimum Gasteiger partial charge on any atom is -0.382 e. The molecule has 1 fully saturated rings. The van der Waals surface area contributed by atoms with E-state index in [9.17, 15) is 9.59 Å². The molecule has 1 aromatic heterocycles. The molecule has 20 heavy (non-hydrogen) atoms. The highest BCUT2D eigenvalue weighted by Crippen LogP contribution is 2.31. The van der Waals surface area contributed by atoms with E-state index in [1.807, 2.05) is 18.2 Å². The first-order valence-electron chi connectivity index (χ1n) is 7.20. The van der Waals surface area contributed by atoms with Crippen LogP contribution in [0.5, 0.6) is 0 Å². The van der Waals surface area contributed by atoms with Crippen molar-refractivity contribution >= 4 is 16.7 Å². The predicted octanol–water partition coefficient (Wildman–Crippen LogP) is 2.21. The minimum absolute atomic E-state index is 0.506. The van der Waals surface area contributed by atoms with E-state index in [2.05, 4.69) is 22.2 Å². The van der Waals surface area contributed by atoms with Crippen LogP contribution in [0, 0.1) is 5.92 Å². The van der Waals surface area contributed by atoms with Crippen LogP contribution < -0.4 is 16.4 Å². The van der Waals surface area contributed by atoms with E-state index >= 15 is 0 Å². The molecule has 5 heteroatoms. The normalized spacial score (nSPS) is 22.2. The summed E-state index contributed by atoms with van der Waals surface area (Å²) in [4.78, 5) is 27.8. The average Bonchev–Trinajstić information content (AvgIpc) is 2.87. The Bertz CT molecular complexity index is 732. The minimum atomic E-state index is -0.611. The van der Waals surface area contributed by atoms with Gasteiger partial charge in [-0.1, -0.05) is 19.8 Å². The molecule has 3 N–H and O–H groups in total. The number of aromatic nitrogens is 2. The molecule has 106 valence electrons. The Balaban J connectivity index is 1.91. The molecule has 0 saturated heterocycles. The van der Waals surface area contributed by atoms with Crippen molar-refractivity contribution in [2.45, 2.75) is 38.6 Å². The third-order valence-corrected chi connectivity index (χ3v) is 4.26. The van der Waals surface area contributed by atoms with Gasteiger partial charge in [-0.25, -0.2) is 0 Å². The molecule has 0 spiro atoms. The van der Waals surface area contributed by atoms with Gasteiger partial charge in [-0.15, -0.1) is 0 Å². The molecule has 2 aromatic rings. The van der Waals surface area contributed by atoms with Gasteiger partial charge in [0.25, 0.3) is 0 Å². The van der Waals surface area contributed by atoms with Crippen LogP contribution in [0.1, 0.15) is 32.6 Å². The number of benzene rings is 1. The quantitative estimate of drug-likeness (QED) is 0.750. The predicted molar refractivity (Wildman–Crippen MR) is 80.2 cm³/mol. The average molecular weight is 273 g/mol. The zero-order valence-electron chi connectivity index (χ0n) is 11.5. The number of fused-ring (bicyclic) bond motifs is 1. The van der Waals surface area contributed by atoms with Crippen LogP contribution in [0.15, 0.2) is 27.8 Å². The van der Waals surface area contributed by atoms with Gasteiger partial charge < -0.3 is 15.3 Å². The molecule has 0 aliphatic heterocycles. The Hall–Kier alpha value is -2.04. The summed E-state index contributed by atoms with van der Waals surface area (Å²) in [6, 6.07) is 6.16. The third-order valence-electron chi connectivity index (χ3n) is 4.26. The lowest BCUT2D eigenvalue weighted by Crippen LogP contribution is -2.29. The first kappa shape index (κ1) is 13.0. The first-order valence-corrected chi connectivity index (χ1v) is 7.20. The summed E-state index contributed by atoms with van der Waals surface area (Å²) in [7, 11) is 0. The fraction of sp³-hybridized carbons (Fsp3) is 0.467. The van der Waals surface area contributed by atoms with Crippen molar-refractivity contribution in [3.63, 3.8) is 0 Å². The van der Waals surface area contributed by atoms with Crippen molar-refractivity contribution in [1.29, 1.82) is 0 Å². The number of hydrogen-bond acceptors (Lipinski definition) is 3. The smallest absolute Gasteiger partial charge is 0.314 e. The molecule has 5 nitrogen and oxygen atoms in total. The summed E-state index contributed by atoms with van der Waals surface area (Å²) in [5.41, 5.74) is 1.08. The van der Waals surface area contributed by atoms with Crippen LogP contribution in [0.3, 0.4) is 0 Å². The number of anilines is 1. The van der Waals surface area contributed by atoms with Crippen molar-refractivity contribution in [3.8, 4) is 0 Å². The molecule has 1 aliphatic carbocycles. The fourth-order valence-corrected chi connectivity index (χ4v) is 3.13. The highest BCUT2D eigenvalue weighted by molar-refractivity contribution is 5.78. The van der Waals surface area contributed by atoms with Crippen LogP contribution in [0.2, 0.25) is 0 Å². The molecular formula is C15H19N3O2. The van der Waals surface area contributed by atoms with Crippen LogP contribution in [0.4, 0.5) is 5.69 Å². The fourth-order valence-electron chi connectivity index (χ4n) is 3.13. The van der Waals surface area contributed by atoms with Crippen LogP contribution in [-0.4, -0.2) is 16.0 Å². The van der Waals surface area contributed by atoms with E-state index in [1.54, 1.807) is 0 Å². The maximum absolute atomic E-state index is 11.4. The van der Waals surface area contributed by atoms with Crippen LogP contribution >= 0.6 is 0 Å². The standard InChI is InChI=1S/C15H19N3O2/c1-2-9-4-3-5-11(9)16-10-6-7-12-13(8-10)18-15(20)14(19)17-12/h6-9,11,16H,2-5H2,1H3,(H,17,19)(H,18,20). The monoisotopic (exact) mass is 273 g/mol. The van der Waals surface area contributed by atoms with Gasteiger partial charge in [-0.3, -0.25) is 9.59 Å². The maximum atomic E-state index is 11.4. The molecule has 0 amide bonds. The highest BCUT2D eigenvalue weighted by Gasteiger charge is 2.25. The maximum Gasteiger partial charge on any atom is 0.314 e. The Morgan fingerprint density at radius 1 is 1.15 bits per heavy atom. The van der Waals surface area contributed by atoms with Crippen molar-refractivity contribution < 1.29 is 0 Å². The molecule has 1 saturated carbocycles. The molecule has 2 unspecified atom stereocenters. The second-order valence-electron chi connectivity index (χ2n) is 5.52.